The van der Waals surface area contributed by atoms with Gasteiger partial charge in [0.15, 0.2) is 11.4 Å². The first-order valence-corrected chi connectivity index (χ1v) is 16.9. The first kappa shape index (κ1) is 36.0. The number of azo groups is 1. The lowest BCUT2D eigenvalue weighted by molar-refractivity contribution is 0.270. The van der Waals surface area contributed by atoms with E-state index in [4.69, 9.17) is 9.47 Å². The van der Waals surface area contributed by atoms with Crippen LogP contribution < -0.4 is 10.3 Å². The number of methoxy groups -OCH3 is 1. The van der Waals surface area contributed by atoms with Crippen LogP contribution in [0.4, 0.5) is 11.4 Å². The Bertz CT molecular complexity index is 1350. The number of ether oxygens (including phenoxy) is 2. The highest BCUT2D eigenvalue weighted by Gasteiger charge is 2.29. The van der Waals surface area contributed by atoms with E-state index in [1.54, 1.807) is 29.4 Å². The average Bonchev–Trinajstić information content (AvgIpc) is 2.99. The van der Waals surface area contributed by atoms with Crippen molar-refractivity contribution in [3.63, 3.8) is 0 Å². The normalized spacial score (nSPS) is 13.4. The van der Waals surface area contributed by atoms with Crippen LogP contribution >= 0.6 is 0 Å². The molecule has 0 saturated heterocycles. The summed E-state index contributed by atoms with van der Waals surface area (Å²) in [5.41, 5.74) is -0.658. The van der Waals surface area contributed by atoms with Gasteiger partial charge in [-0.25, -0.2) is 8.42 Å². The molecule has 1 aromatic carbocycles. The number of nitrogens with one attached hydrogen (secondary N) is 1. The smallest absolute Gasteiger partial charge is 0.282 e. The number of sulfonamides is 1. The van der Waals surface area contributed by atoms with Crippen molar-refractivity contribution in [2.24, 2.45) is 22.1 Å². The molecule has 0 fully saturated rings. The molecule has 2 unspecified atom stereocenters. The van der Waals surface area contributed by atoms with Crippen LogP contribution in [0.3, 0.4) is 0 Å². The summed E-state index contributed by atoms with van der Waals surface area (Å²) in [6, 6.07) is 6.26. The monoisotopic (exact) mass is 618 g/mol. The standard InChI is InChI=1S/C32H50N4O6S/c1-8-13-16-24(10-3)21-36(22-25(11-4)17-14-9-2)43(39,40)27-19-15-18-26(20-27)34-35-29-30(41-7)28(23(6)42-12-5)31(37)33-32(29)38/h15,18-20,24-25H,6,8-14,16-17,21-22H2,1-5,7H3,(H2,33,37,38). The summed E-state index contributed by atoms with van der Waals surface area (Å²) in [7, 11) is -2.51. The highest BCUT2D eigenvalue weighted by atomic mass is 32.2. The Morgan fingerprint density at radius 2 is 1.63 bits per heavy atom. The third-order valence-electron chi connectivity index (χ3n) is 7.66. The molecule has 240 valence electrons. The molecule has 0 aliphatic rings. The summed E-state index contributed by atoms with van der Waals surface area (Å²) in [5, 5.41) is 18.6. The van der Waals surface area contributed by atoms with Gasteiger partial charge in [0.25, 0.3) is 5.56 Å². The van der Waals surface area contributed by atoms with Crippen molar-refractivity contribution >= 4 is 27.2 Å². The zero-order chi connectivity index (χ0) is 32.0. The number of pyridine rings is 1. The Morgan fingerprint density at radius 1 is 1.02 bits per heavy atom. The van der Waals surface area contributed by atoms with Gasteiger partial charge in [-0.05, 0) is 49.8 Å². The van der Waals surface area contributed by atoms with E-state index in [2.05, 4.69) is 49.5 Å². The number of aromatic hydroxyl groups is 1. The van der Waals surface area contributed by atoms with Crippen molar-refractivity contribution in [2.75, 3.05) is 26.8 Å². The second kappa shape index (κ2) is 17.8. The summed E-state index contributed by atoms with van der Waals surface area (Å²) in [6.45, 7) is 15.3. The fraction of sp³-hybridized carbons (Fsp3) is 0.594. The van der Waals surface area contributed by atoms with Gasteiger partial charge in [-0.15, -0.1) is 5.11 Å². The Labute approximate surface area is 257 Å². The topological polar surface area (TPSA) is 134 Å². The molecule has 2 rings (SSSR count). The highest BCUT2D eigenvalue weighted by molar-refractivity contribution is 7.89. The van der Waals surface area contributed by atoms with E-state index >= 15 is 0 Å². The minimum Gasteiger partial charge on any atom is -0.494 e. The number of aromatic amines is 1. The largest absolute Gasteiger partial charge is 0.494 e. The molecule has 43 heavy (non-hydrogen) atoms. The Hall–Kier alpha value is -3.18. The van der Waals surface area contributed by atoms with Crippen LogP contribution in [0.25, 0.3) is 5.76 Å². The maximum atomic E-state index is 14.1. The van der Waals surface area contributed by atoms with Gasteiger partial charge in [-0.3, -0.25) is 9.78 Å². The fourth-order valence-corrected chi connectivity index (χ4v) is 6.63. The van der Waals surface area contributed by atoms with E-state index in [0.717, 1.165) is 51.4 Å². The molecule has 2 N–H and O–H groups in total. The van der Waals surface area contributed by atoms with Gasteiger partial charge in [-0.1, -0.05) is 78.9 Å². The summed E-state index contributed by atoms with van der Waals surface area (Å²) in [6.07, 6.45) is 8.06. The van der Waals surface area contributed by atoms with Gasteiger partial charge in [0.05, 0.1) is 24.3 Å². The van der Waals surface area contributed by atoms with Crippen LogP contribution in [0.2, 0.25) is 0 Å². The first-order chi connectivity index (χ1) is 20.6. The molecule has 10 nitrogen and oxygen atoms in total. The van der Waals surface area contributed by atoms with Crippen LogP contribution in [0.5, 0.6) is 11.6 Å². The zero-order valence-electron chi connectivity index (χ0n) is 26.7. The van der Waals surface area contributed by atoms with Gasteiger partial charge in [0.2, 0.25) is 15.9 Å². The molecule has 1 aromatic heterocycles. The van der Waals surface area contributed by atoms with E-state index in [1.165, 1.54) is 13.2 Å². The van der Waals surface area contributed by atoms with E-state index in [9.17, 15) is 18.3 Å². The molecule has 0 radical (unpaired) electrons. The Morgan fingerprint density at radius 3 is 2.14 bits per heavy atom. The quantitative estimate of drug-likeness (QED) is 0.114. The minimum absolute atomic E-state index is 0.0481. The van der Waals surface area contributed by atoms with E-state index in [0.29, 0.717) is 13.1 Å². The molecule has 0 aliphatic carbocycles. The Balaban J connectivity index is 2.51. The predicted octanol–water partition coefficient (Wildman–Crippen LogP) is 7.94. The average molecular weight is 619 g/mol. The van der Waals surface area contributed by atoms with Gasteiger partial charge in [0.1, 0.15) is 11.3 Å². The van der Waals surface area contributed by atoms with Gasteiger partial charge in [0, 0.05) is 13.1 Å². The van der Waals surface area contributed by atoms with Crippen LogP contribution in [0.15, 0.2) is 50.8 Å². The number of hydrogen-bond donors (Lipinski definition) is 2. The molecule has 11 heteroatoms. The lowest BCUT2D eigenvalue weighted by Crippen LogP contribution is -2.39. The molecule has 2 atom stereocenters. The van der Waals surface area contributed by atoms with Crippen LogP contribution in [-0.2, 0) is 14.8 Å². The van der Waals surface area contributed by atoms with Gasteiger partial charge < -0.3 is 14.6 Å². The first-order valence-electron chi connectivity index (χ1n) is 15.4. The molecule has 0 aliphatic heterocycles. The highest BCUT2D eigenvalue weighted by Crippen LogP contribution is 2.38. The number of rotatable bonds is 20. The van der Waals surface area contributed by atoms with Crippen LogP contribution in [0.1, 0.15) is 91.5 Å². The maximum Gasteiger partial charge on any atom is 0.282 e. The van der Waals surface area contributed by atoms with Gasteiger partial charge >= 0.3 is 0 Å². The summed E-state index contributed by atoms with van der Waals surface area (Å²) in [5.74, 6) is 0.104. The summed E-state index contributed by atoms with van der Waals surface area (Å²) < 4.78 is 40.7. The van der Waals surface area contributed by atoms with Crippen molar-refractivity contribution in [3.05, 3.63) is 46.8 Å². The summed E-state index contributed by atoms with van der Waals surface area (Å²) in [4.78, 5) is 15.1. The van der Waals surface area contributed by atoms with Crippen LogP contribution in [0, 0.1) is 11.8 Å². The lowest BCUT2D eigenvalue weighted by Gasteiger charge is -2.30. The second-order valence-electron chi connectivity index (χ2n) is 10.8. The lowest BCUT2D eigenvalue weighted by atomic mass is 9.97. The fourth-order valence-electron chi connectivity index (χ4n) is 5.00. The van der Waals surface area contributed by atoms with Crippen molar-refractivity contribution in [2.45, 2.75) is 90.9 Å². The predicted molar refractivity (Wildman–Crippen MR) is 172 cm³/mol. The summed E-state index contributed by atoms with van der Waals surface area (Å²) >= 11 is 0. The zero-order valence-corrected chi connectivity index (χ0v) is 27.5. The number of aromatic nitrogens is 1. The van der Waals surface area contributed by atoms with Crippen molar-refractivity contribution in [1.82, 2.24) is 9.29 Å². The number of unbranched alkanes of at least 4 members (excludes halogenated alkanes) is 2. The van der Waals surface area contributed by atoms with Gasteiger partial charge in [-0.2, -0.15) is 9.42 Å². The number of nitrogens with zero attached hydrogens (tertiary/aromatic N) is 3. The SMILES string of the molecule is C=C(OCC)c1c(O)[nH]c(=O)c(N=Nc2cccc(S(=O)(=O)N(CC(CC)CCCC)CC(CC)CCCC)c2)c1OC. The maximum absolute atomic E-state index is 14.1. The Kier molecular flexibility index (Phi) is 14.9. The molecule has 0 saturated carbocycles. The number of H-pyrrole nitrogens is 1. The van der Waals surface area contributed by atoms with Crippen LogP contribution in [-0.4, -0.2) is 49.6 Å². The van der Waals surface area contributed by atoms with Crippen molar-refractivity contribution in [1.29, 1.82) is 0 Å². The molecular formula is C32H50N4O6S. The minimum atomic E-state index is -3.84. The molecular weight excluding hydrogens is 568 g/mol. The number of hydrogen-bond acceptors (Lipinski definition) is 8. The number of benzene rings is 1. The van der Waals surface area contributed by atoms with E-state index < -0.39 is 21.5 Å². The van der Waals surface area contributed by atoms with E-state index in [1.807, 2.05) is 0 Å². The molecule has 0 amide bonds. The van der Waals surface area contributed by atoms with E-state index in [-0.39, 0.29) is 51.8 Å². The third-order valence-corrected chi connectivity index (χ3v) is 9.49. The van der Waals surface area contributed by atoms with Crippen molar-refractivity contribution in [3.8, 4) is 11.6 Å². The molecule has 0 bridgehead atoms. The second-order valence-corrected chi connectivity index (χ2v) is 12.7. The van der Waals surface area contributed by atoms with Crippen molar-refractivity contribution < 1.29 is 23.0 Å². The molecule has 1 heterocycles. The third kappa shape index (κ3) is 9.92. The molecule has 2 aromatic rings. The molecule has 0 spiro atoms.